The summed E-state index contributed by atoms with van der Waals surface area (Å²) in [4.78, 5) is 42.3. The third-order valence-electron chi connectivity index (χ3n) is 9.24. The van der Waals surface area contributed by atoms with Gasteiger partial charge >= 0.3 is 6.09 Å². The summed E-state index contributed by atoms with van der Waals surface area (Å²) >= 11 is 0. The highest BCUT2D eigenvalue weighted by molar-refractivity contribution is 6.06. The molecule has 0 unspecified atom stereocenters. The van der Waals surface area contributed by atoms with E-state index >= 15 is 4.39 Å². The molecule has 0 bridgehead atoms. The number of anilines is 1. The Morgan fingerprint density at radius 3 is 2.39 bits per heavy atom. The molecule has 2 fully saturated rings. The van der Waals surface area contributed by atoms with Gasteiger partial charge in [-0.2, -0.15) is 0 Å². The molecule has 3 aliphatic rings. The van der Waals surface area contributed by atoms with Gasteiger partial charge in [-0.05, 0) is 80.5 Å². The molecule has 1 saturated heterocycles. The molecule has 1 aromatic heterocycles. The quantitative estimate of drug-likeness (QED) is 0.402. The van der Waals surface area contributed by atoms with Gasteiger partial charge in [0.25, 0.3) is 5.91 Å². The molecule has 2 aliphatic heterocycles. The molecule has 3 aromatic rings. The van der Waals surface area contributed by atoms with E-state index in [4.69, 9.17) is 10.5 Å². The number of ether oxygens (including phenoxy) is 1. The molecule has 1 aliphatic carbocycles. The zero-order chi connectivity index (χ0) is 31.3. The first-order valence-electron chi connectivity index (χ1n) is 15.3. The van der Waals surface area contributed by atoms with Crippen molar-refractivity contribution in [3.05, 3.63) is 53.2 Å². The second kappa shape index (κ2) is 11.5. The highest BCUT2D eigenvalue weighted by Gasteiger charge is 2.36. The van der Waals surface area contributed by atoms with Crippen molar-refractivity contribution in [2.45, 2.75) is 64.5 Å². The van der Waals surface area contributed by atoms with E-state index in [1.54, 1.807) is 21.6 Å². The third kappa shape index (κ3) is 5.77. The number of fused-ring (bicyclic) bond motifs is 3. The number of rotatable bonds is 5. The number of nitrogens with two attached hydrogens (primary N) is 1. The number of likely N-dealkylation sites (N-methyl/N-ethyl adjacent to an activating group) is 1. The lowest BCUT2D eigenvalue weighted by molar-refractivity contribution is 0.0340. The Hall–Kier alpha value is -3.99. The van der Waals surface area contributed by atoms with Gasteiger partial charge in [0, 0.05) is 55.3 Å². The SMILES string of the molecule is CN1CCN(C(=O)OC2CCC(Nc3cc(-c4c5n(c6cc(F)ccc46)C(=O)CC(C)(C)C5)cc(F)c3C(N)=O)CC2)CC1. The van der Waals surface area contributed by atoms with Crippen LogP contribution in [0.4, 0.5) is 19.3 Å². The topological polar surface area (TPSA) is 110 Å². The van der Waals surface area contributed by atoms with E-state index in [-0.39, 0.29) is 40.8 Å². The molecule has 11 heteroatoms. The molecule has 9 nitrogen and oxygen atoms in total. The van der Waals surface area contributed by atoms with Crippen molar-refractivity contribution in [3.8, 4) is 11.1 Å². The number of hydrogen-bond acceptors (Lipinski definition) is 6. The number of carbonyl (C=O) groups is 3. The molecule has 2 aromatic carbocycles. The van der Waals surface area contributed by atoms with Gasteiger partial charge in [0.2, 0.25) is 5.91 Å². The molecule has 3 heterocycles. The van der Waals surface area contributed by atoms with Gasteiger partial charge in [0.15, 0.2) is 0 Å². The fraction of sp³-hybridized carbons (Fsp3) is 0.485. The van der Waals surface area contributed by atoms with Crippen LogP contribution in [0.2, 0.25) is 0 Å². The summed E-state index contributed by atoms with van der Waals surface area (Å²) in [5.74, 6) is -2.28. The molecule has 44 heavy (non-hydrogen) atoms. The summed E-state index contributed by atoms with van der Waals surface area (Å²) in [7, 11) is 2.03. The Bertz CT molecular complexity index is 1630. The molecule has 234 valence electrons. The van der Waals surface area contributed by atoms with Crippen molar-refractivity contribution in [1.82, 2.24) is 14.4 Å². The number of benzene rings is 2. The second-order valence-electron chi connectivity index (χ2n) is 13.3. The predicted octanol–water partition coefficient (Wildman–Crippen LogP) is 5.41. The van der Waals surface area contributed by atoms with Crippen LogP contribution in [0.15, 0.2) is 30.3 Å². The number of aromatic nitrogens is 1. The monoisotopic (exact) mass is 607 g/mol. The smallest absolute Gasteiger partial charge is 0.410 e. The van der Waals surface area contributed by atoms with Crippen LogP contribution in [0.25, 0.3) is 22.0 Å². The maximum atomic E-state index is 15.7. The highest BCUT2D eigenvalue weighted by Crippen LogP contribution is 2.44. The average Bonchev–Trinajstić information content (AvgIpc) is 3.26. The van der Waals surface area contributed by atoms with Crippen LogP contribution >= 0.6 is 0 Å². The van der Waals surface area contributed by atoms with Crippen LogP contribution in [-0.4, -0.2) is 77.6 Å². The summed E-state index contributed by atoms with van der Waals surface area (Å²) in [6.45, 7) is 6.92. The maximum absolute atomic E-state index is 15.7. The molecular formula is C33H39F2N5O4. The van der Waals surface area contributed by atoms with Crippen molar-refractivity contribution in [2.24, 2.45) is 11.1 Å². The first kappa shape index (κ1) is 30.1. The van der Waals surface area contributed by atoms with Gasteiger partial charge in [-0.15, -0.1) is 0 Å². The number of piperazine rings is 1. The third-order valence-corrected chi connectivity index (χ3v) is 9.24. The molecule has 3 N–H and O–H groups in total. The lowest BCUT2D eigenvalue weighted by Gasteiger charge is -2.34. The van der Waals surface area contributed by atoms with E-state index in [9.17, 15) is 18.8 Å². The lowest BCUT2D eigenvalue weighted by atomic mass is 9.80. The Balaban J connectivity index is 1.27. The van der Waals surface area contributed by atoms with Gasteiger partial charge in [0.1, 0.15) is 17.7 Å². The first-order valence-corrected chi connectivity index (χ1v) is 15.3. The molecule has 1 saturated carbocycles. The Kier molecular flexibility index (Phi) is 7.85. The second-order valence-corrected chi connectivity index (χ2v) is 13.3. The number of hydrogen-bond donors (Lipinski definition) is 2. The van der Waals surface area contributed by atoms with E-state index in [0.29, 0.717) is 79.3 Å². The molecule has 0 atom stereocenters. The van der Waals surface area contributed by atoms with Gasteiger partial charge < -0.3 is 25.6 Å². The highest BCUT2D eigenvalue weighted by atomic mass is 19.1. The molecule has 0 spiro atoms. The molecule has 0 radical (unpaired) electrons. The lowest BCUT2D eigenvalue weighted by Crippen LogP contribution is -2.48. The van der Waals surface area contributed by atoms with Crippen LogP contribution in [0.5, 0.6) is 0 Å². The van der Waals surface area contributed by atoms with Crippen molar-refractivity contribution in [1.29, 1.82) is 0 Å². The minimum absolute atomic E-state index is 0.101. The normalized spacial score (nSPS) is 22.1. The average molecular weight is 608 g/mol. The Labute approximate surface area is 255 Å². The number of nitrogens with zero attached hydrogens (tertiary/aromatic N) is 3. The zero-order valence-electron chi connectivity index (χ0n) is 25.4. The number of nitrogens with one attached hydrogen (secondary N) is 1. The summed E-state index contributed by atoms with van der Waals surface area (Å²) in [6, 6.07) is 7.15. The van der Waals surface area contributed by atoms with Crippen LogP contribution < -0.4 is 11.1 Å². The van der Waals surface area contributed by atoms with Gasteiger partial charge in [-0.3, -0.25) is 14.2 Å². The van der Waals surface area contributed by atoms with Crippen LogP contribution in [-0.2, 0) is 11.2 Å². The standard InChI is InChI=1S/C33H39F2N5O4/c1-33(2)17-27-29(23-9-4-20(34)16-26(23)40(27)28(41)18-33)19-14-24(35)30(31(36)42)25(15-19)37-21-5-7-22(8-6-21)44-32(43)39-12-10-38(3)11-13-39/h4,9,14-16,21-22,37H,5-8,10-13,17-18H2,1-3H3,(H2,36,42). The van der Waals surface area contributed by atoms with E-state index in [1.165, 1.54) is 18.2 Å². The summed E-state index contributed by atoms with van der Waals surface area (Å²) < 4.78 is 37.4. The molecule has 6 rings (SSSR count). The van der Waals surface area contributed by atoms with Crippen LogP contribution in [0.1, 0.15) is 66.8 Å². The summed E-state index contributed by atoms with van der Waals surface area (Å²) in [5.41, 5.74) is 7.57. The largest absolute Gasteiger partial charge is 0.446 e. The van der Waals surface area contributed by atoms with Crippen molar-refractivity contribution in [2.75, 3.05) is 38.5 Å². The van der Waals surface area contributed by atoms with E-state index in [2.05, 4.69) is 10.2 Å². The first-order chi connectivity index (χ1) is 20.9. The van der Waals surface area contributed by atoms with Crippen molar-refractivity contribution in [3.63, 3.8) is 0 Å². The number of carbonyl (C=O) groups excluding carboxylic acids is 3. The maximum Gasteiger partial charge on any atom is 0.410 e. The molecule has 2 amide bonds. The number of halogens is 2. The van der Waals surface area contributed by atoms with Gasteiger partial charge in [0.05, 0.1) is 16.8 Å². The van der Waals surface area contributed by atoms with Crippen molar-refractivity contribution >= 4 is 34.5 Å². The van der Waals surface area contributed by atoms with Gasteiger partial charge in [-0.1, -0.05) is 13.8 Å². The van der Waals surface area contributed by atoms with Crippen LogP contribution in [0, 0.1) is 17.0 Å². The number of amides is 2. The summed E-state index contributed by atoms with van der Waals surface area (Å²) in [6.07, 6.45) is 2.90. The van der Waals surface area contributed by atoms with Crippen LogP contribution in [0.3, 0.4) is 0 Å². The summed E-state index contributed by atoms with van der Waals surface area (Å²) in [5, 5.41) is 3.98. The number of primary amides is 1. The molecular weight excluding hydrogens is 568 g/mol. The van der Waals surface area contributed by atoms with E-state index < -0.39 is 17.5 Å². The fourth-order valence-electron chi connectivity index (χ4n) is 6.96. The van der Waals surface area contributed by atoms with E-state index in [1.807, 2.05) is 20.9 Å². The Morgan fingerprint density at radius 1 is 1.00 bits per heavy atom. The predicted molar refractivity (Wildman–Crippen MR) is 164 cm³/mol. The van der Waals surface area contributed by atoms with Crippen molar-refractivity contribution < 1.29 is 27.9 Å². The zero-order valence-corrected chi connectivity index (χ0v) is 25.4. The van der Waals surface area contributed by atoms with Gasteiger partial charge in [-0.25, -0.2) is 13.6 Å². The fourth-order valence-corrected chi connectivity index (χ4v) is 6.96. The Morgan fingerprint density at radius 2 is 1.70 bits per heavy atom. The minimum Gasteiger partial charge on any atom is -0.446 e. The van der Waals surface area contributed by atoms with E-state index in [0.717, 1.165) is 13.1 Å². The minimum atomic E-state index is -0.895.